The molecule has 0 spiro atoms. The SMILES string of the molecule is COc1ccc(OC)c(C2C3=C(CC(C)(C)CC3=O)Nc3ccccc3N2CC(=O)NCc2ccco2)c1. The molecule has 0 fully saturated rings. The summed E-state index contributed by atoms with van der Waals surface area (Å²) in [5, 5.41) is 6.52. The van der Waals surface area contributed by atoms with Crippen LogP contribution in [0.3, 0.4) is 0 Å². The molecule has 1 aliphatic carbocycles. The van der Waals surface area contributed by atoms with Crippen molar-refractivity contribution in [3.05, 3.63) is 83.5 Å². The van der Waals surface area contributed by atoms with Gasteiger partial charge in [0.25, 0.3) is 0 Å². The van der Waals surface area contributed by atoms with Crippen LogP contribution in [0.25, 0.3) is 0 Å². The molecule has 38 heavy (non-hydrogen) atoms. The van der Waals surface area contributed by atoms with E-state index in [0.29, 0.717) is 35.7 Å². The van der Waals surface area contributed by atoms with E-state index in [0.717, 1.165) is 22.6 Å². The fourth-order valence-electron chi connectivity index (χ4n) is 5.41. The van der Waals surface area contributed by atoms with Crippen molar-refractivity contribution < 1.29 is 23.5 Å². The largest absolute Gasteiger partial charge is 0.497 e. The fourth-order valence-corrected chi connectivity index (χ4v) is 5.41. The minimum absolute atomic E-state index is 0.0118. The summed E-state index contributed by atoms with van der Waals surface area (Å²) in [5.41, 5.74) is 3.73. The van der Waals surface area contributed by atoms with E-state index in [-0.39, 0.29) is 30.2 Å². The first-order chi connectivity index (χ1) is 18.3. The molecular formula is C30H33N3O5. The molecule has 0 bridgehead atoms. The predicted octanol–water partition coefficient (Wildman–Crippen LogP) is 5.23. The Morgan fingerprint density at radius 2 is 1.92 bits per heavy atom. The Kier molecular flexibility index (Phi) is 6.89. The lowest BCUT2D eigenvalue weighted by atomic mass is 9.73. The molecule has 2 N–H and O–H groups in total. The van der Waals surface area contributed by atoms with Gasteiger partial charge in [0.15, 0.2) is 5.78 Å². The summed E-state index contributed by atoms with van der Waals surface area (Å²) in [6, 6.07) is 16.4. The molecule has 8 nitrogen and oxygen atoms in total. The number of furan rings is 1. The summed E-state index contributed by atoms with van der Waals surface area (Å²) in [5.74, 6) is 1.76. The van der Waals surface area contributed by atoms with Crippen molar-refractivity contribution in [2.75, 3.05) is 31.0 Å². The standard InChI is InChI=1S/C30H33N3O5/c1-30(2)15-23-28(25(34)16-30)29(21-14-19(36-3)11-12-26(21)37-4)33(24-10-6-5-9-22(24)32-23)18-27(35)31-17-20-8-7-13-38-20/h5-14,29,32H,15-18H2,1-4H3,(H,31,35). The summed E-state index contributed by atoms with van der Waals surface area (Å²) in [4.78, 5) is 29.2. The molecule has 1 unspecified atom stereocenters. The van der Waals surface area contributed by atoms with Crippen LogP contribution in [0.5, 0.6) is 11.5 Å². The third kappa shape index (κ3) is 4.98. The summed E-state index contributed by atoms with van der Waals surface area (Å²) in [6.07, 6.45) is 2.68. The minimum atomic E-state index is -0.579. The summed E-state index contributed by atoms with van der Waals surface area (Å²) >= 11 is 0. The molecule has 2 aliphatic rings. The summed E-state index contributed by atoms with van der Waals surface area (Å²) in [7, 11) is 3.21. The maximum absolute atomic E-state index is 13.9. The molecule has 3 aromatic rings. The average molecular weight is 516 g/mol. The number of hydrogen-bond acceptors (Lipinski definition) is 7. The lowest BCUT2D eigenvalue weighted by Crippen LogP contribution is -2.42. The number of ether oxygens (including phenoxy) is 2. The van der Waals surface area contributed by atoms with Crippen molar-refractivity contribution in [1.29, 1.82) is 0 Å². The number of rotatable bonds is 7. The third-order valence-electron chi connectivity index (χ3n) is 7.09. The Bertz CT molecular complexity index is 1380. The van der Waals surface area contributed by atoms with E-state index >= 15 is 0 Å². The van der Waals surface area contributed by atoms with Gasteiger partial charge in [-0.3, -0.25) is 9.59 Å². The lowest BCUT2D eigenvalue weighted by molar-refractivity contribution is -0.121. The van der Waals surface area contributed by atoms with Gasteiger partial charge in [-0.1, -0.05) is 26.0 Å². The molecule has 1 atom stereocenters. The van der Waals surface area contributed by atoms with Crippen molar-refractivity contribution in [3.63, 3.8) is 0 Å². The monoisotopic (exact) mass is 515 g/mol. The second kappa shape index (κ2) is 10.3. The van der Waals surface area contributed by atoms with Gasteiger partial charge in [0.1, 0.15) is 17.3 Å². The number of carbonyl (C=O) groups excluding carboxylic acids is 2. The number of benzene rings is 2. The number of fused-ring (bicyclic) bond motifs is 1. The maximum Gasteiger partial charge on any atom is 0.239 e. The van der Waals surface area contributed by atoms with E-state index in [1.165, 1.54) is 0 Å². The first-order valence-corrected chi connectivity index (χ1v) is 12.7. The highest BCUT2D eigenvalue weighted by Crippen LogP contribution is 2.50. The highest BCUT2D eigenvalue weighted by molar-refractivity contribution is 6.02. The molecule has 198 valence electrons. The van der Waals surface area contributed by atoms with Crippen LogP contribution in [0.1, 0.15) is 44.1 Å². The highest BCUT2D eigenvalue weighted by atomic mass is 16.5. The van der Waals surface area contributed by atoms with Crippen molar-refractivity contribution in [2.45, 2.75) is 39.3 Å². The molecular weight excluding hydrogens is 482 g/mol. The second-order valence-corrected chi connectivity index (χ2v) is 10.5. The van der Waals surface area contributed by atoms with E-state index in [1.54, 1.807) is 26.5 Å². The number of para-hydroxylation sites is 2. The van der Waals surface area contributed by atoms with Gasteiger partial charge >= 0.3 is 0 Å². The predicted molar refractivity (Wildman–Crippen MR) is 145 cm³/mol. The molecule has 0 radical (unpaired) electrons. The van der Waals surface area contributed by atoms with Crippen LogP contribution in [0.15, 0.2) is 76.5 Å². The minimum Gasteiger partial charge on any atom is -0.497 e. The smallest absolute Gasteiger partial charge is 0.239 e. The average Bonchev–Trinajstić information content (AvgIpc) is 3.37. The van der Waals surface area contributed by atoms with E-state index in [9.17, 15) is 9.59 Å². The van der Waals surface area contributed by atoms with Gasteiger partial charge in [0.2, 0.25) is 5.91 Å². The lowest BCUT2D eigenvalue weighted by Gasteiger charge is -2.38. The molecule has 5 rings (SSSR count). The zero-order valence-electron chi connectivity index (χ0n) is 22.2. The van der Waals surface area contributed by atoms with Crippen LogP contribution in [0.2, 0.25) is 0 Å². The molecule has 2 heterocycles. The van der Waals surface area contributed by atoms with Crippen LogP contribution in [-0.4, -0.2) is 32.5 Å². The number of hydrogen-bond donors (Lipinski definition) is 2. The molecule has 2 aromatic carbocycles. The Hall–Kier alpha value is -4.20. The van der Waals surface area contributed by atoms with Crippen LogP contribution >= 0.6 is 0 Å². The van der Waals surface area contributed by atoms with Crippen molar-refractivity contribution in [1.82, 2.24) is 5.32 Å². The molecule has 0 saturated carbocycles. The number of methoxy groups -OCH3 is 2. The number of amides is 1. The first kappa shape index (κ1) is 25.4. The Labute approximate surface area is 222 Å². The molecule has 1 amide bonds. The molecule has 0 saturated heterocycles. The van der Waals surface area contributed by atoms with E-state index in [1.807, 2.05) is 53.4 Å². The van der Waals surface area contributed by atoms with Gasteiger partial charge in [-0.2, -0.15) is 0 Å². The maximum atomic E-state index is 13.9. The van der Waals surface area contributed by atoms with Crippen molar-refractivity contribution >= 4 is 23.1 Å². The summed E-state index contributed by atoms with van der Waals surface area (Å²) in [6.45, 7) is 4.49. The zero-order chi connectivity index (χ0) is 26.9. The topological polar surface area (TPSA) is 93.0 Å². The van der Waals surface area contributed by atoms with Crippen molar-refractivity contribution in [2.24, 2.45) is 5.41 Å². The van der Waals surface area contributed by atoms with E-state index < -0.39 is 6.04 Å². The van der Waals surface area contributed by atoms with Gasteiger partial charge in [0, 0.05) is 23.3 Å². The Balaban J connectivity index is 1.66. The number of Topliss-reactive ketones (excluding diaryl/α,β-unsaturated/α-hetero) is 1. The Morgan fingerprint density at radius 1 is 1.11 bits per heavy atom. The molecule has 1 aromatic heterocycles. The van der Waals surface area contributed by atoms with Crippen LogP contribution in [0, 0.1) is 5.41 Å². The van der Waals surface area contributed by atoms with E-state index in [2.05, 4.69) is 24.5 Å². The number of ketones is 1. The number of allylic oxidation sites excluding steroid dienone is 1. The van der Waals surface area contributed by atoms with Crippen molar-refractivity contribution in [3.8, 4) is 11.5 Å². The quantitative estimate of drug-likeness (QED) is 0.445. The van der Waals surface area contributed by atoms with Crippen LogP contribution in [0.4, 0.5) is 11.4 Å². The molecule has 1 aliphatic heterocycles. The van der Waals surface area contributed by atoms with Gasteiger partial charge in [0.05, 0.1) is 51.0 Å². The van der Waals surface area contributed by atoms with Gasteiger partial charge in [-0.05, 0) is 54.3 Å². The number of nitrogens with one attached hydrogen (secondary N) is 2. The number of carbonyl (C=O) groups is 2. The fraction of sp³-hybridized carbons (Fsp3) is 0.333. The first-order valence-electron chi connectivity index (χ1n) is 12.7. The van der Waals surface area contributed by atoms with Crippen LogP contribution < -0.4 is 25.0 Å². The highest BCUT2D eigenvalue weighted by Gasteiger charge is 2.43. The normalized spacial score (nSPS) is 18.2. The van der Waals surface area contributed by atoms with Gasteiger partial charge < -0.3 is 29.4 Å². The van der Waals surface area contributed by atoms with Gasteiger partial charge in [-0.15, -0.1) is 0 Å². The number of nitrogens with zero attached hydrogens (tertiary/aromatic N) is 1. The Morgan fingerprint density at radius 3 is 2.66 bits per heavy atom. The molecule has 8 heteroatoms. The number of anilines is 2. The van der Waals surface area contributed by atoms with E-state index in [4.69, 9.17) is 13.9 Å². The van der Waals surface area contributed by atoms with Crippen LogP contribution in [-0.2, 0) is 16.1 Å². The third-order valence-corrected chi connectivity index (χ3v) is 7.09. The second-order valence-electron chi connectivity index (χ2n) is 10.5. The summed E-state index contributed by atoms with van der Waals surface area (Å²) < 4.78 is 16.7. The van der Waals surface area contributed by atoms with Gasteiger partial charge in [-0.25, -0.2) is 0 Å². The zero-order valence-corrected chi connectivity index (χ0v) is 22.2.